The van der Waals surface area contributed by atoms with Gasteiger partial charge in [-0.25, -0.2) is 0 Å². The molecule has 0 saturated carbocycles. The van der Waals surface area contributed by atoms with E-state index >= 15 is 0 Å². The summed E-state index contributed by atoms with van der Waals surface area (Å²) in [6.07, 6.45) is 79.5. The van der Waals surface area contributed by atoms with E-state index in [9.17, 15) is 19.0 Å². The Morgan fingerprint density at radius 1 is 0.422 bits per heavy atom. The minimum Gasteiger partial charge on any atom is -0.756 e. The number of rotatable bonds is 66. The summed E-state index contributed by atoms with van der Waals surface area (Å²) in [7, 11) is 1.20. The van der Waals surface area contributed by atoms with E-state index in [1.54, 1.807) is 0 Å². The molecule has 488 valence electrons. The molecule has 0 spiro atoms. The highest BCUT2D eigenvalue weighted by molar-refractivity contribution is 7.45. The lowest BCUT2D eigenvalue weighted by Crippen LogP contribution is -2.47. The van der Waals surface area contributed by atoms with Crippen molar-refractivity contribution >= 4 is 19.7 Å². The van der Waals surface area contributed by atoms with Crippen LogP contribution in [-0.4, -0.2) is 69.4 Å². The van der Waals surface area contributed by atoms with Gasteiger partial charge in [-0.05, 0) is 89.5 Å². The summed E-state index contributed by atoms with van der Waals surface area (Å²) in [4.78, 5) is 40.2. The zero-order valence-electron chi connectivity index (χ0n) is 55.9. The first-order chi connectivity index (χ1) is 40.4. The molecule has 0 bridgehead atoms. The van der Waals surface area contributed by atoms with Crippen molar-refractivity contribution < 1.29 is 37.3 Å². The molecule has 0 aliphatic heterocycles. The topological polar surface area (TPSA) is 114 Å². The minimum absolute atomic E-state index is 0.0213. The first-order valence-corrected chi connectivity index (χ1v) is 37.4. The van der Waals surface area contributed by atoms with Gasteiger partial charge in [-0.15, -0.1) is 0 Å². The molecule has 0 heterocycles. The fourth-order valence-corrected chi connectivity index (χ4v) is 11.4. The Bertz CT molecular complexity index is 1560. The fraction of sp³-hybridized carbons (Fsp3) is 0.863. The van der Waals surface area contributed by atoms with Gasteiger partial charge in [0.25, 0.3) is 7.82 Å². The van der Waals surface area contributed by atoms with Gasteiger partial charge >= 0.3 is 5.97 Å². The van der Waals surface area contributed by atoms with E-state index in [1.165, 1.54) is 257 Å². The molecule has 1 N–H and O–H groups in total. The molecule has 0 aromatic carbocycles. The third-order valence-corrected chi connectivity index (χ3v) is 17.2. The molecule has 0 radical (unpaired) electrons. The molecule has 9 nitrogen and oxygen atoms in total. The number of amides is 1. The molecule has 0 fully saturated rings. The number of nitrogens with one attached hydrogen (secondary N) is 1. The molecular weight excluding hydrogens is 1050 g/mol. The van der Waals surface area contributed by atoms with E-state index in [0.717, 1.165) is 64.2 Å². The van der Waals surface area contributed by atoms with Crippen molar-refractivity contribution in [1.82, 2.24) is 5.32 Å². The van der Waals surface area contributed by atoms with E-state index < -0.39 is 20.0 Å². The SMILES string of the molecule is CCCCC/C=C\C/C=C\CCCCCCCCCCCCCC(=O)NC(COP(=O)([O-])OCC[N+](C)(C)C)C(/C=C/CCCCCCCCCCC)OC(=O)CCCCCCCCCCCCCCCCC/C=C/CCCCCCCC. The smallest absolute Gasteiger partial charge is 0.306 e. The second-order valence-electron chi connectivity index (χ2n) is 25.7. The van der Waals surface area contributed by atoms with E-state index in [2.05, 4.69) is 62.5 Å². The van der Waals surface area contributed by atoms with Gasteiger partial charge in [0.15, 0.2) is 0 Å². The third kappa shape index (κ3) is 64.3. The lowest BCUT2D eigenvalue weighted by atomic mass is 10.0. The van der Waals surface area contributed by atoms with Crippen molar-refractivity contribution in [2.75, 3.05) is 40.9 Å². The van der Waals surface area contributed by atoms with Gasteiger partial charge in [-0.2, -0.15) is 0 Å². The van der Waals surface area contributed by atoms with Crippen LogP contribution in [0.5, 0.6) is 0 Å². The predicted molar refractivity (Wildman–Crippen MR) is 358 cm³/mol. The minimum atomic E-state index is -4.70. The Hall–Kier alpha value is -2.03. The van der Waals surface area contributed by atoms with E-state index in [4.69, 9.17) is 13.8 Å². The Morgan fingerprint density at radius 2 is 0.735 bits per heavy atom. The summed E-state index contributed by atoms with van der Waals surface area (Å²) in [5.41, 5.74) is 0. The standard InChI is InChI=1S/C73H139N2O7P/c1-7-10-13-16-19-22-25-27-29-31-33-35-36-37-38-40-42-44-46-48-51-54-57-60-63-66-73(77)82-71(64-61-58-55-52-49-24-21-18-15-12-9-3)70(69-81-83(78,79)80-68-67-75(4,5)6)74-72(76)65-62-59-56-53-50-47-45-43-41-39-34-32-30-28-26-23-20-17-14-11-8-2/h20,23,27-30,61,64,70-71H,7-19,21-22,24-26,31-60,62-63,65-69H2,1-6H3,(H-,74,76,78,79)/b23-20-,29-27+,30-28-,64-61+. The maximum Gasteiger partial charge on any atom is 0.306 e. The summed E-state index contributed by atoms with van der Waals surface area (Å²) < 4.78 is 30.4. The van der Waals surface area contributed by atoms with Crippen LogP contribution in [-0.2, 0) is 27.9 Å². The second kappa shape index (κ2) is 63.0. The van der Waals surface area contributed by atoms with Crippen molar-refractivity contribution in [2.45, 2.75) is 367 Å². The van der Waals surface area contributed by atoms with Gasteiger partial charge < -0.3 is 28.5 Å². The first kappa shape index (κ1) is 81.0. The number of esters is 1. The number of ether oxygens (including phenoxy) is 1. The monoisotopic (exact) mass is 1190 g/mol. The zero-order chi connectivity index (χ0) is 60.7. The van der Waals surface area contributed by atoms with Crippen LogP contribution in [0.4, 0.5) is 0 Å². The number of allylic oxidation sites excluding steroid dienone is 7. The molecular formula is C73H139N2O7P. The van der Waals surface area contributed by atoms with Crippen molar-refractivity contribution in [2.24, 2.45) is 0 Å². The quantitative estimate of drug-likeness (QED) is 0.0212. The highest BCUT2D eigenvalue weighted by Gasteiger charge is 2.27. The lowest BCUT2D eigenvalue weighted by Gasteiger charge is -2.30. The Balaban J connectivity index is 4.98. The van der Waals surface area contributed by atoms with Crippen LogP contribution in [0.15, 0.2) is 48.6 Å². The van der Waals surface area contributed by atoms with Gasteiger partial charge in [0.05, 0.1) is 33.8 Å². The molecule has 3 unspecified atom stereocenters. The number of unbranched alkanes of at least 4 members (excludes halogenated alkanes) is 44. The summed E-state index contributed by atoms with van der Waals surface area (Å²) in [5, 5.41) is 3.04. The van der Waals surface area contributed by atoms with Crippen molar-refractivity contribution in [1.29, 1.82) is 0 Å². The molecule has 0 aliphatic rings. The lowest BCUT2D eigenvalue weighted by molar-refractivity contribution is -0.870. The number of hydrogen-bond acceptors (Lipinski definition) is 7. The number of quaternary nitrogens is 1. The average molecular weight is 1190 g/mol. The van der Waals surface area contributed by atoms with Gasteiger partial charge in [0.1, 0.15) is 19.3 Å². The molecule has 0 aliphatic carbocycles. The Morgan fingerprint density at radius 3 is 1.12 bits per heavy atom. The number of nitrogens with zero attached hydrogens (tertiary/aromatic N) is 1. The van der Waals surface area contributed by atoms with Crippen molar-refractivity contribution in [3.63, 3.8) is 0 Å². The molecule has 0 aromatic heterocycles. The highest BCUT2D eigenvalue weighted by atomic mass is 31.2. The van der Waals surface area contributed by atoms with E-state index in [1.807, 2.05) is 33.3 Å². The number of likely N-dealkylation sites (N-methyl/N-ethyl adjacent to an activating group) is 1. The van der Waals surface area contributed by atoms with Crippen LogP contribution in [0.1, 0.15) is 355 Å². The molecule has 3 atom stereocenters. The summed E-state index contributed by atoms with van der Waals surface area (Å²) in [6, 6.07) is -0.888. The van der Waals surface area contributed by atoms with Crippen LogP contribution in [0.2, 0.25) is 0 Å². The second-order valence-corrected chi connectivity index (χ2v) is 27.1. The molecule has 0 aromatic rings. The van der Waals surface area contributed by atoms with Crippen LogP contribution in [0.25, 0.3) is 0 Å². The van der Waals surface area contributed by atoms with Gasteiger partial charge in [0, 0.05) is 12.8 Å². The maximum atomic E-state index is 13.6. The Labute approximate surface area is 516 Å². The highest BCUT2D eigenvalue weighted by Crippen LogP contribution is 2.38. The number of carbonyl (C=O) groups excluding carboxylic acids is 2. The third-order valence-electron chi connectivity index (χ3n) is 16.2. The number of carbonyl (C=O) groups is 2. The number of phosphoric acid groups is 1. The molecule has 83 heavy (non-hydrogen) atoms. The maximum absolute atomic E-state index is 13.6. The van der Waals surface area contributed by atoms with Crippen LogP contribution >= 0.6 is 7.82 Å². The van der Waals surface area contributed by atoms with E-state index in [-0.39, 0.29) is 31.5 Å². The summed E-state index contributed by atoms with van der Waals surface area (Å²) >= 11 is 0. The number of hydrogen-bond donors (Lipinski definition) is 1. The van der Waals surface area contributed by atoms with Crippen molar-refractivity contribution in [3.8, 4) is 0 Å². The average Bonchev–Trinajstić information content (AvgIpc) is 3.51. The largest absolute Gasteiger partial charge is 0.756 e. The fourth-order valence-electron chi connectivity index (χ4n) is 10.7. The predicted octanol–water partition coefficient (Wildman–Crippen LogP) is 22.2. The summed E-state index contributed by atoms with van der Waals surface area (Å²) in [5.74, 6) is -0.528. The molecule has 10 heteroatoms. The van der Waals surface area contributed by atoms with Gasteiger partial charge in [0.2, 0.25) is 5.91 Å². The van der Waals surface area contributed by atoms with Crippen molar-refractivity contribution in [3.05, 3.63) is 48.6 Å². The van der Waals surface area contributed by atoms with Gasteiger partial charge in [-0.3, -0.25) is 14.2 Å². The molecule has 0 rings (SSSR count). The van der Waals surface area contributed by atoms with Crippen LogP contribution in [0, 0.1) is 0 Å². The first-order valence-electron chi connectivity index (χ1n) is 35.9. The molecule has 1 amide bonds. The number of phosphoric ester groups is 1. The van der Waals surface area contributed by atoms with E-state index in [0.29, 0.717) is 17.4 Å². The van der Waals surface area contributed by atoms with Gasteiger partial charge in [-0.1, -0.05) is 301 Å². The molecule has 0 saturated heterocycles. The van der Waals surface area contributed by atoms with Crippen LogP contribution in [0.3, 0.4) is 0 Å². The normalized spacial score (nSPS) is 13.8. The summed E-state index contributed by atoms with van der Waals surface area (Å²) in [6.45, 7) is 6.86. The Kier molecular flexibility index (Phi) is 61.5. The zero-order valence-corrected chi connectivity index (χ0v) is 56.8. The van der Waals surface area contributed by atoms with Crippen LogP contribution < -0.4 is 10.2 Å².